The summed E-state index contributed by atoms with van der Waals surface area (Å²) in [6.07, 6.45) is 4.77. The zero-order valence-electron chi connectivity index (χ0n) is 10.8. The Kier molecular flexibility index (Phi) is 3.86. The van der Waals surface area contributed by atoms with Crippen LogP contribution in [0.15, 0.2) is 54.9 Å². The third-order valence-electron chi connectivity index (χ3n) is 3.50. The molecular formula is C16H18N2O. The molecule has 0 bridgehead atoms. The topological polar surface area (TPSA) is 34.1 Å². The number of nitrogens with zero attached hydrogens (tertiary/aromatic N) is 1. The first-order valence-electron chi connectivity index (χ1n) is 6.72. The molecule has 2 atom stereocenters. The molecule has 1 N–H and O–H groups in total. The lowest BCUT2D eigenvalue weighted by Crippen LogP contribution is -2.33. The Hall–Kier alpha value is -1.71. The molecule has 1 aromatic carbocycles. The number of benzene rings is 1. The van der Waals surface area contributed by atoms with Crippen molar-refractivity contribution in [2.24, 2.45) is 0 Å². The summed E-state index contributed by atoms with van der Waals surface area (Å²) in [6.45, 7) is 1.66. The van der Waals surface area contributed by atoms with Gasteiger partial charge in [0.05, 0.1) is 12.6 Å². The Morgan fingerprint density at radius 1 is 1.05 bits per heavy atom. The van der Waals surface area contributed by atoms with Gasteiger partial charge in [0.25, 0.3) is 0 Å². The van der Waals surface area contributed by atoms with E-state index < -0.39 is 0 Å². The van der Waals surface area contributed by atoms with Crippen LogP contribution in [0.3, 0.4) is 0 Å². The first-order valence-corrected chi connectivity index (χ1v) is 6.72. The van der Waals surface area contributed by atoms with Crippen LogP contribution in [0, 0.1) is 0 Å². The number of hydrogen-bond acceptors (Lipinski definition) is 3. The van der Waals surface area contributed by atoms with Crippen LogP contribution in [0.2, 0.25) is 0 Å². The van der Waals surface area contributed by atoms with Crippen molar-refractivity contribution in [3.63, 3.8) is 0 Å². The molecule has 1 aliphatic heterocycles. The fourth-order valence-corrected chi connectivity index (χ4v) is 2.49. The first-order chi connectivity index (χ1) is 9.43. The molecule has 1 aromatic heterocycles. The van der Waals surface area contributed by atoms with E-state index >= 15 is 0 Å². The van der Waals surface area contributed by atoms with Crippen molar-refractivity contribution in [2.75, 3.05) is 13.2 Å². The molecule has 2 unspecified atom stereocenters. The zero-order valence-corrected chi connectivity index (χ0v) is 10.8. The van der Waals surface area contributed by atoms with Crippen LogP contribution in [0.1, 0.15) is 23.6 Å². The summed E-state index contributed by atoms with van der Waals surface area (Å²) >= 11 is 0. The van der Waals surface area contributed by atoms with Gasteiger partial charge in [-0.15, -0.1) is 0 Å². The molecule has 0 radical (unpaired) electrons. The highest BCUT2D eigenvalue weighted by atomic mass is 16.5. The first kappa shape index (κ1) is 12.3. The summed E-state index contributed by atoms with van der Waals surface area (Å²) in [5, 5.41) is 3.70. The van der Waals surface area contributed by atoms with Crippen molar-refractivity contribution in [1.29, 1.82) is 0 Å². The van der Waals surface area contributed by atoms with Crippen LogP contribution in [-0.2, 0) is 4.74 Å². The summed E-state index contributed by atoms with van der Waals surface area (Å²) in [5.74, 6) is 0. The highest BCUT2D eigenvalue weighted by molar-refractivity contribution is 5.30. The van der Waals surface area contributed by atoms with E-state index in [0.717, 1.165) is 19.6 Å². The van der Waals surface area contributed by atoms with Gasteiger partial charge in [0.15, 0.2) is 0 Å². The maximum atomic E-state index is 5.45. The van der Waals surface area contributed by atoms with Gasteiger partial charge in [-0.05, 0) is 29.7 Å². The molecule has 0 spiro atoms. The van der Waals surface area contributed by atoms with Gasteiger partial charge in [-0.2, -0.15) is 0 Å². The lowest BCUT2D eigenvalue weighted by Gasteiger charge is -2.23. The smallest absolute Gasteiger partial charge is 0.0620 e. The Morgan fingerprint density at radius 2 is 1.79 bits per heavy atom. The van der Waals surface area contributed by atoms with E-state index in [-0.39, 0.29) is 6.04 Å². The van der Waals surface area contributed by atoms with Crippen molar-refractivity contribution in [1.82, 2.24) is 10.3 Å². The van der Waals surface area contributed by atoms with Crippen LogP contribution < -0.4 is 5.32 Å². The van der Waals surface area contributed by atoms with E-state index in [2.05, 4.69) is 46.7 Å². The molecule has 0 saturated carbocycles. The number of rotatable bonds is 4. The Balaban J connectivity index is 1.87. The summed E-state index contributed by atoms with van der Waals surface area (Å²) < 4.78 is 5.45. The monoisotopic (exact) mass is 254 g/mol. The SMILES string of the molecule is c1ccc(C(NC2CCOC2)c2ccncc2)cc1. The fourth-order valence-electron chi connectivity index (χ4n) is 2.49. The minimum absolute atomic E-state index is 0.205. The largest absolute Gasteiger partial charge is 0.380 e. The van der Waals surface area contributed by atoms with Gasteiger partial charge in [0.2, 0.25) is 0 Å². The molecule has 3 rings (SSSR count). The molecule has 2 heterocycles. The number of hydrogen-bond donors (Lipinski definition) is 1. The van der Waals surface area contributed by atoms with Gasteiger partial charge in [-0.1, -0.05) is 30.3 Å². The lowest BCUT2D eigenvalue weighted by atomic mass is 9.98. The summed E-state index contributed by atoms with van der Waals surface area (Å²) in [5.41, 5.74) is 2.52. The van der Waals surface area contributed by atoms with E-state index in [1.54, 1.807) is 0 Å². The van der Waals surface area contributed by atoms with Crippen LogP contribution >= 0.6 is 0 Å². The molecule has 0 amide bonds. The summed E-state index contributed by atoms with van der Waals surface area (Å²) in [6, 6.07) is 15.3. The van der Waals surface area contributed by atoms with E-state index in [1.165, 1.54) is 11.1 Å². The minimum Gasteiger partial charge on any atom is -0.380 e. The second-order valence-corrected chi connectivity index (χ2v) is 4.85. The van der Waals surface area contributed by atoms with E-state index in [4.69, 9.17) is 4.74 Å². The zero-order chi connectivity index (χ0) is 12.9. The Bertz CT molecular complexity index is 455. The Labute approximate surface area is 113 Å². The van der Waals surface area contributed by atoms with Gasteiger partial charge < -0.3 is 10.1 Å². The van der Waals surface area contributed by atoms with Crippen molar-refractivity contribution in [3.05, 3.63) is 66.0 Å². The third-order valence-corrected chi connectivity index (χ3v) is 3.50. The molecule has 1 aliphatic rings. The molecule has 3 nitrogen and oxygen atoms in total. The third kappa shape index (κ3) is 3.00. The molecule has 0 aliphatic carbocycles. The molecular weight excluding hydrogens is 236 g/mol. The predicted octanol–water partition coefficient (Wildman–Crippen LogP) is 2.55. The van der Waals surface area contributed by atoms with Gasteiger partial charge in [-0.3, -0.25) is 4.98 Å². The van der Waals surface area contributed by atoms with Crippen molar-refractivity contribution in [2.45, 2.75) is 18.5 Å². The Morgan fingerprint density at radius 3 is 2.47 bits per heavy atom. The predicted molar refractivity (Wildman–Crippen MR) is 74.9 cm³/mol. The number of ether oxygens (including phenoxy) is 1. The van der Waals surface area contributed by atoms with Crippen LogP contribution in [0.5, 0.6) is 0 Å². The second kappa shape index (κ2) is 5.95. The highest BCUT2D eigenvalue weighted by Gasteiger charge is 2.21. The molecule has 19 heavy (non-hydrogen) atoms. The average molecular weight is 254 g/mol. The van der Waals surface area contributed by atoms with E-state index in [1.807, 2.05) is 18.5 Å². The summed E-state index contributed by atoms with van der Waals surface area (Å²) in [4.78, 5) is 4.10. The number of aromatic nitrogens is 1. The van der Waals surface area contributed by atoms with E-state index in [9.17, 15) is 0 Å². The minimum atomic E-state index is 0.205. The quantitative estimate of drug-likeness (QED) is 0.910. The van der Waals surface area contributed by atoms with Gasteiger partial charge in [-0.25, -0.2) is 0 Å². The lowest BCUT2D eigenvalue weighted by molar-refractivity contribution is 0.189. The molecule has 3 heteroatoms. The maximum Gasteiger partial charge on any atom is 0.0620 e. The highest BCUT2D eigenvalue weighted by Crippen LogP contribution is 2.23. The fraction of sp³-hybridized carbons (Fsp3) is 0.312. The number of nitrogens with one attached hydrogen (secondary N) is 1. The summed E-state index contributed by atoms with van der Waals surface area (Å²) in [7, 11) is 0. The van der Waals surface area contributed by atoms with Gasteiger partial charge in [0, 0.05) is 25.0 Å². The molecule has 98 valence electrons. The van der Waals surface area contributed by atoms with Gasteiger partial charge >= 0.3 is 0 Å². The van der Waals surface area contributed by atoms with Crippen molar-refractivity contribution < 1.29 is 4.74 Å². The van der Waals surface area contributed by atoms with Crippen molar-refractivity contribution in [3.8, 4) is 0 Å². The normalized spacial score (nSPS) is 20.3. The second-order valence-electron chi connectivity index (χ2n) is 4.85. The standard InChI is InChI=1S/C16H18N2O/c1-2-4-13(5-3-1)16(14-6-9-17-10-7-14)18-15-8-11-19-12-15/h1-7,9-10,15-16,18H,8,11-12H2. The van der Waals surface area contributed by atoms with E-state index in [0.29, 0.717) is 6.04 Å². The maximum absolute atomic E-state index is 5.45. The van der Waals surface area contributed by atoms with Crippen LogP contribution in [0.4, 0.5) is 0 Å². The average Bonchev–Trinajstić information content (AvgIpc) is 3.00. The number of pyridine rings is 1. The van der Waals surface area contributed by atoms with Gasteiger partial charge in [0.1, 0.15) is 0 Å². The molecule has 2 aromatic rings. The molecule has 1 fully saturated rings. The van der Waals surface area contributed by atoms with Crippen LogP contribution in [0.25, 0.3) is 0 Å². The van der Waals surface area contributed by atoms with Crippen LogP contribution in [-0.4, -0.2) is 24.2 Å². The van der Waals surface area contributed by atoms with Crippen molar-refractivity contribution >= 4 is 0 Å². The molecule has 1 saturated heterocycles.